The molecule has 0 radical (unpaired) electrons. The van der Waals surface area contributed by atoms with Gasteiger partial charge in [0, 0.05) is 35.9 Å². The molecular weight excluding hydrogens is 282 g/mol. The van der Waals surface area contributed by atoms with Crippen LogP contribution in [0.2, 0.25) is 0 Å². The van der Waals surface area contributed by atoms with Crippen LogP contribution in [0, 0.1) is 10.1 Å². The fourth-order valence-corrected chi connectivity index (χ4v) is 2.61. The summed E-state index contributed by atoms with van der Waals surface area (Å²) in [5.41, 5.74) is -0.0118. The molecule has 20 heavy (non-hydrogen) atoms. The standard InChI is InChI=1S/C12H17N3O4S/c1-8(7-20(3)19)14-12(16)9-5-4-6-10(13-2)11(9)15(17)18/h4-6,8,13H,7H2,1-3H3,(H,14,16). The zero-order chi connectivity index (χ0) is 15.3. The van der Waals surface area contributed by atoms with Crippen molar-refractivity contribution in [1.82, 2.24) is 5.32 Å². The van der Waals surface area contributed by atoms with Gasteiger partial charge in [-0.2, -0.15) is 0 Å². The highest BCUT2D eigenvalue weighted by atomic mass is 32.2. The second-order valence-electron chi connectivity index (χ2n) is 4.32. The lowest BCUT2D eigenvalue weighted by Gasteiger charge is -2.13. The molecular formula is C12H17N3O4S. The molecule has 2 unspecified atom stereocenters. The highest BCUT2D eigenvalue weighted by molar-refractivity contribution is 7.84. The van der Waals surface area contributed by atoms with E-state index in [1.165, 1.54) is 18.4 Å². The lowest BCUT2D eigenvalue weighted by atomic mass is 10.1. The van der Waals surface area contributed by atoms with E-state index in [2.05, 4.69) is 10.6 Å². The topological polar surface area (TPSA) is 101 Å². The van der Waals surface area contributed by atoms with Crippen LogP contribution in [0.15, 0.2) is 18.2 Å². The van der Waals surface area contributed by atoms with Gasteiger partial charge in [-0.05, 0) is 19.1 Å². The van der Waals surface area contributed by atoms with E-state index in [0.717, 1.165) is 0 Å². The maximum Gasteiger partial charge on any atom is 0.305 e. The molecule has 0 bridgehead atoms. The lowest BCUT2D eigenvalue weighted by Crippen LogP contribution is -2.36. The van der Waals surface area contributed by atoms with Gasteiger partial charge in [0.2, 0.25) is 0 Å². The molecule has 0 aliphatic heterocycles. The minimum atomic E-state index is -1.05. The number of hydrogen-bond acceptors (Lipinski definition) is 5. The molecule has 0 saturated heterocycles. The zero-order valence-electron chi connectivity index (χ0n) is 11.5. The van der Waals surface area contributed by atoms with Gasteiger partial charge in [0.15, 0.2) is 0 Å². The minimum absolute atomic E-state index is 0.0180. The number of rotatable bonds is 6. The maximum atomic E-state index is 12.1. The highest BCUT2D eigenvalue weighted by Crippen LogP contribution is 2.28. The quantitative estimate of drug-likeness (QED) is 0.605. The Labute approximate surface area is 119 Å². The summed E-state index contributed by atoms with van der Waals surface area (Å²) in [7, 11) is 0.499. The summed E-state index contributed by atoms with van der Waals surface area (Å²) >= 11 is 0. The Morgan fingerprint density at radius 2 is 2.15 bits per heavy atom. The van der Waals surface area contributed by atoms with Gasteiger partial charge in [0.1, 0.15) is 11.3 Å². The Morgan fingerprint density at radius 3 is 2.65 bits per heavy atom. The van der Waals surface area contributed by atoms with Crippen molar-refractivity contribution in [1.29, 1.82) is 0 Å². The number of benzene rings is 1. The fraction of sp³-hybridized carbons (Fsp3) is 0.417. The van der Waals surface area contributed by atoms with E-state index < -0.39 is 21.6 Å². The normalized spacial score (nSPS) is 13.3. The monoisotopic (exact) mass is 299 g/mol. The molecule has 1 rings (SSSR count). The van der Waals surface area contributed by atoms with Crippen LogP contribution in [-0.4, -0.2) is 40.1 Å². The first-order chi connectivity index (χ1) is 9.36. The SMILES string of the molecule is CNc1cccc(C(=O)NC(C)CS(C)=O)c1[N+](=O)[O-]. The van der Waals surface area contributed by atoms with Gasteiger partial charge in [-0.3, -0.25) is 19.1 Å². The number of amides is 1. The first-order valence-corrected chi connectivity index (χ1v) is 7.65. The van der Waals surface area contributed by atoms with Gasteiger partial charge in [0.05, 0.1) is 4.92 Å². The van der Waals surface area contributed by atoms with Crippen molar-refractivity contribution in [3.63, 3.8) is 0 Å². The van der Waals surface area contributed by atoms with Crippen LogP contribution in [0.4, 0.5) is 11.4 Å². The Bertz CT molecular complexity index is 548. The van der Waals surface area contributed by atoms with E-state index in [1.807, 2.05) is 0 Å². The van der Waals surface area contributed by atoms with Crippen LogP contribution in [0.3, 0.4) is 0 Å². The number of nitro benzene ring substituents is 1. The van der Waals surface area contributed by atoms with Gasteiger partial charge in [-0.15, -0.1) is 0 Å². The Hall–Kier alpha value is -1.96. The average Bonchev–Trinajstić information content (AvgIpc) is 2.36. The lowest BCUT2D eigenvalue weighted by molar-refractivity contribution is -0.384. The number of anilines is 1. The van der Waals surface area contributed by atoms with E-state index >= 15 is 0 Å². The van der Waals surface area contributed by atoms with E-state index in [1.54, 1.807) is 20.0 Å². The smallest absolute Gasteiger partial charge is 0.305 e. The molecule has 1 aromatic rings. The third-order valence-corrected chi connectivity index (χ3v) is 3.56. The molecule has 0 heterocycles. The molecule has 0 aliphatic rings. The average molecular weight is 299 g/mol. The van der Waals surface area contributed by atoms with Crippen LogP contribution in [0.5, 0.6) is 0 Å². The number of carbonyl (C=O) groups excluding carboxylic acids is 1. The number of carbonyl (C=O) groups is 1. The molecule has 2 atom stereocenters. The molecule has 110 valence electrons. The van der Waals surface area contributed by atoms with E-state index in [9.17, 15) is 19.1 Å². The van der Waals surface area contributed by atoms with Gasteiger partial charge in [-0.1, -0.05) is 6.07 Å². The molecule has 0 aromatic heterocycles. The van der Waals surface area contributed by atoms with Crippen molar-refractivity contribution in [2.24, 2.45) is 0 Å². The second-order valence-corrected chi connectivity index (χ2v) is 5.80. The molecule has 0 saturated carbocycles. The van der Waals surface area contributed by atoms with Crippen molar-refractivity contribution in [3.8, 4) is 0 Å². The number of para-hydroxylation sites is 1. The van der Waals surface area contributed by atoms with Crippen molar-refractivity contribution >= 4 is 28.1 Å². The van der Waals surface area contributed by atoms with Gasteiger partial charge < -0.3 is 10.6 Å². The predicted molar refractivity (Wildman–Crippen MR) is 78.5 cm³/mol. The van der Waals surface area contributed by atoms with E-state index in [0.29, 0.717) is 5.75 Å². The first-order valence-electron chi connectivity index (χ1n) is 5.92. The van der Waals surface area contributed by atoms with Gasteiger partial charge in [-0.25, -0.2) is 0 Å². The first kappa shape index (κ1) is 16.1. The number of nitro groups is 1. The maximum absolute atomic E-state index is 12.1. The number of nitrogens with zero attached hydrogens (tertiary/aromatic N) is 1. The molecule has 8 heteroatoms. The summed E-state index contributed by atoms with van der Waals surface area (Å²) in [6, 6.07) is 4.16. The summed E-state index contributed by atoms with van der Waals surface area (Å²) in [6.45, 7) is 1.70. The van der Waals surface area contributed by atoms with E-state index in [-0.39, 0.29) is 23.0 Å². The van der Waals surface area contributed by atoms with Gasteiger partial charge in [0.25, 0.3) is 5.91 Å². The van der Waals surface area contributed by atoms with Crippen LogP contribution in [-0.2, 0) is 10.8 Å². The summed E-state index contributed by atoms with van der Waals surface area (Å²) in [5, 5.41) is 16.4. The molecule has 0 aliphatic carbocycles. The minimum Gasteiger partial charge on any atom is -0.383 e. The predicted octanol–water partition coefficient (Wildman–Crippen LogP) is 1.13. The van der Waals surface area contributed by atoms with Crippen molar-refractivity contribution in [3.05, 3.63) is 33.9 Å². The Balaban J connectivity index is 3.04. The van der Waals surface area contributed by atoms with Crippen LogP contribution in [0.1, 0.15) is 17.3 Å². The van der Waals surface area contributed by atoms with Gasteiger partial charge >= 0.3 is 5.69 Å². The third-order valence-electron chi connectivity index (χ3n) is 2.59. The molecule has 2 N–H and O–H groups in total. The van der Waals surface area contributed by atoms with Crippen LogP contribution < -0.4 is 10.6 Å². The third kappa shape index (κ3) is 4.02. The van der Waals surface area contributed by atoms with Crippen LogP contribution >= 0.6 is 0 Å². The fourth-order valence-electron chi connectivity index (χ4n) is 1.82. The summed E-state index contributed by atoms with van der Waals surface area (Å²) in [4.78, 5) is 22.6. The number of nitrogens with one attached hydrogen (secondary N) is 2. The van der Waals surface area contributed by atoms with Crippen molar-refractivity contribution in [2.45, 2.75) is 13.0 Å². The summed E-state index contributed by atoms with van der Waals surface area (Å²) < 4.78 is 11.1. The summed E-state index contributed by atoms with van der Waals surface area (Å²) in [6.07, 6.45) is 1.53. The molecule has 1 aromatic carbocycles. The second kappa shape index (κ2) is 6.99. The molecule has 0 fully saturated rings. The molecule has 7 nitrogen and oxygen atoms in total. The highest BCUT2D eigenvalue weighted by Gasteiger charge is 2.24. The number of hydrogen-bond donors (Lipinski definition) is 2. The van der Waals surface area contributed by atoms with Crippen molar-refractivity contribution in [2.75, 3.05) is 24.4 Å². The molecule has 0 spiro atoms. The Kier molecular flexibility index (Phi) is 5.63. The van der Waals surface area contributed by atoms with Crippen LogP contribution in [0.25, 0.3) is 0 Å². The molecule has 1 amide bonds. The van der Waals surface area contributed by atoms with E-state index in [4.69, 9.17) is 0 Å². The summed E-state index contributed by atoms with van der Waals surface area (Å²) in [5.74, 6) is -0.252. The Morgan fingerprint density at radius 1 is 1.50 bits per heavy atom. The van der Waals surface area contributed by atoms with Crippen molar-refractivity contribution < 1.29 is 13.9 Å². The largest absolute Gasteiger partial charge is 0.383 e. The zero-order valence-corrected chi connectivity index (χ0v) is 12.3.